The third-order valence-corrected chi connectivity index (χ3v) is 4.09. The van der Waals surface area contributed by atoms with Gasteiger partial charge in [0.1, 0.15) is 0 Å². The number of methoxy groups -OCH3 is 2. The Morgan fingerprint density at radius 1 is 1.18 bits per heavy atom. The summed E-state index contributed by atoms with van der Waals surface area (Å²) < 4.78 is 10.4. The summed E-state index contributed by atoms with van der Waals surface area (Å²) in [4.78, 5) is 1.08. The van der Waals surface area contributed by atoms with Gasteiger partial charge in [0.15, 0.2) is 11.5 Å². The molecule has 0 aliphatic carbocycles. The van der Waals surface area contributed by atoms with Gasteiger partial charge in [-0.2, -0.15) is 0 Å². The molecule has 1 atom stereocenters. The molecule has 0 aromatic heterocycles. The lowest BCUT2D eigenvalue weighted by Gasteiger charge is -2.18. The quantitative estimate of drug-likeness (QED) is 0.794. The van der Waals surface area contributed by atoms with Gasteiger partial charge >= 0.3 is 0 Å². The standard InChI is InChI=1S/C13H20O3S/c1-9(2)13(8-14)17-10-5-6-11(15-3)12(7-10)16-4/h5-7,9,13-14H,8H2,1-4H3. The van der Waals surface area contributed by atoms with Crippen molar-refractivity contribution in [2.45, 2.75) is 24.0 Å². The fraction of sp³-hybridized carbons (Fsp3) is 0.538. The van der Waals surface area contributed by atoms with E-state index >= 15 is 0 Å². The van der Waals surface area contributed by atoms with Crippen molar-refractivity contribution in [3.63, 3.8) is 0 Å². The number of hydrogen-bond acceptors (Lipinski definition) is 4. The molecule has 3 nitrogen and oxygen atoms in total. The molecule has 1 aromatic carbocycles. The molecule has 0 aliphatic rings. The molecular weight excluding hydrogens is 236 g/mol. The van der Waals surface area contributed by atoms with Crippen molar-refractivity contribution < 1.29 is 14.6 Å². The van der Waals surface area contributed by atoms with Crippen molar-refractivity contribution in [3.05, 3.63) is 18.2 Å². The summed E-state index contributed by atoms with van der Waals surface area (Å²) in [5, 5.41) is 9.51. The molecule has 1 N–H and O–H groups in total. The van der Waals surface area contributed by atoms with Crippen molar-refractivity contribution in [1.82, 2.24) is 0 Å². The maximum absolute atomic E-state index is 9.31. The first-order chi connectivity index (χ1) is 8.12. The molecule has 1 rings (SSSR count). The summed E-state index contributed by atoms with van der Waals surface area (Å²) in [5.74, 6) is 1.87. The van der Waals surface area contributed by atoms with Crippen LogP contribution in [0.3, 0.4) is 0 Å². The Bertz CT molecular complexity index is 353. The molecule has 0 radical (unpaired) electrons. The zero-order valence-corrected chi connectivity index (χ0v) is 11.6. The van der Waals surface area contributed by atoms with Crippen LogP contribution < -0.4 is 9.47 Å². The Balaban J connectivity index is 2.85. The van der Waals surface area contributed by atoms with Crippen molar-refractivity contribution in [3.8, 4) is 11.5 Å². The highest BCUT2D eigenvalue weighted by molar-refractivity contribution is 8.00. The molecule has 1 unspecified atom stereocenters. The Kier molecular flexibility index (Phi) is 5.65. The van der Waals surface area contributed by atoms with Crippen molar-refractivity contribution in [2.75, 3.05) is 20.8 Å². The van der Waals surface area contributed by atoms with Gasteiger partial charge in [-0.15, -0.1) is 11.8 Å². The average molecular weight is 256 g/mol. The van der Waals surface area contributed by atoms with Crippen LogP contribution in [-0.2, 0) is 0 Å². The lowest BCUT2D eigenvalue weighted by atomic mass is 10.1. The molecule has 0 spiro atoms. The van der Waals surface area contributed by atoms with Crippen LogP contribution in [0.5, 0.6) is 11.5 Å². The van der Waals surface area contributed by atoms with Crippen molar-refractivity contribution in [2.24, 2.45) is 5.92 Å². The number of thioether (sulfide) groups is 1. The van der Waals surface area contributed by atoms with E-state index in [-0.39, 0.29) is 11.9 Å². The molecule has 0 bridgehead atoms. The van der Waals surface area contributed by atoms with Crippen LogP contribution in [0, 0.1) is 5.92 Å². The van der Waals surface area contributed by atoms with E-state index in [1.807, 2.05) is 18.2 Å². The Labute approximate surface area is 107 Å². The maximum atomic E-state index is 9.31. The van der Waals surface area contributed by atoms with E-state index < -0.39 is 0 Å². The van der Waals surface area contributed by atoms with Gasteiger partial charge in [0.25, 0.3) is 0 Å². The largest absolute Gasteiger partial charge is 0.493 e. The van der Waals surface area contributed by atoms with Gasteiger partial charge in [-0.25, -0.2) is 0 Å². The highest BCUT2D eigenvalue weighted by Crippen LogP contribution is 2.35. The van der Waals surface area contributed by atoms with Gasteiger partial charge in [0.05, 0.1) is 20.8 Å². The topological polar surface area (TPSA) is 38.7 Å². The van der Waals surface area contributed by atoms with Crippen molar-refractivity contribution >= 4 is 11.8 Å². The number of aliphatic hydroxyl groups is 1. The molecule has 96 valence electrons. The van der Waals surface area contributed by atoms with Gasteiger partial charge in [-0.1, -0.05) is 13.8 Å². The molecule has 0 aliphatic heterocycles. The van der Waals surface area contributed by atoms with Gasteiger partial charge in [0.2, 0.25) is 0 Å². The van der Waals surface area contributed by atoms with Crippen LogP contribution in [0.25, 0.3) is 0 Å². The molecule has 17 heavy (non-hydrogen) atoms. The zero-order chi connectivity index (χ0) is 12.8. The molecule has 0 heterocycles. The average Bonchev–Trinajstić information content (AvgIpc) is 2.35. The zero-order valence-electron chi connectivity index (χ0n) is 10.8. The number of aliphatic hydroxyl groups excluding tert-OH is 1. The monoisotopic (exact) mass is 256 g/mol. The third kappa shape index (κ3) is 3.82. The predicted octanol–water partition coefficient (Wildman–Crippen LogP) is 2.81. The maximum Gasteiger partial charge on any atom is 0.161 e. The van der Waals surface area contributed by atoms with Crippen molar-refractivity contribution in [1.29, 1.82) is 0 Å². The number of rotatable bonds is 6. The summed E-state index contributed by atoms with van der Waals surface area (Å²) >= 11 is 1.66. The van der Waals surface area contributed by atoms with E-state index in [2.05, 4.69) is 13.8 Å². The predicted molar refractivity (Wildman–Crippen MR) is 71.1 cm³/mol. The summed E-state index contributed by atoms with van der Waals surface area (Å²) in [6.45, 7) is 4.39. The second-order valence-electron chi connectivity index (χ2n) is 4.10. The highest BCUT2D eigenvalue weighted by atomic mass is 32.2. The SMILES string of the molecule is COc1ccc(SC(CO)C(C)C)cc1OC. The van der Waals surface area contributed by atoms with Gasteiger partial charge < -0.3 is 14.6 Å². The smallest absolute Gasteiger partial charge is 0.161 e. The Morgan fingerprint density at radius 3 is 2.29 bits per heavy atom. The van der Waals surface area contributed by atoms with E-state index in [1.54, 1.807) is 26.0 Å². The fourth-order valence-electron chi connectivity index (χ4n) is 1.45. The minimum absolute atomic E-state index is 0.177. The van der Waals surface area contributed by atoms with E-state index in [4.69, 9.17) is 9.47 Å². The van der Waals surface area contributed by atoms with E-state index in [1.165, 1.54) is 0 Å². The number of benzene rings is 1. The second kappa shape index (κ2) is 6.77. The fourth-order valence-corrected chi connectivity index (χ4v) is 2.47. The van der Waals surface area contributed by atoms with E-state index in [0.29, 0.717) is 5.92 Å². The van der Waals surface area contributed by atoms with E-state index in [0.717, 1.165) is 16.4 Å². The highest BCUT2D eigenvalue weighted by Gasteiger charge is 2.15. The lowest BCUT2D eigenvalue weighted by Crippen LogP contribution is -2.15. The molecule has 0 saturated carbocycles. The van der Waals surface area contributed by atoms with Crippen LogP contribution in [-0.4, -0.2) is 31.2 Å². The molecule has 0 saturated heterocycles. The Hall–Kier alpha value is -0.870. The number of hydrogen-bond donors (Lipinski definition) is 1. The molecule has 4 heteroatoms. The van der Waals surface area contributed by atoms with Crippen LogP contribution in [0.1, 0.15) is 13.8 Å². The second-order valence-corrected chi connectivity index (χ2v) is 5.41. The normalized spacial score (nSPS) is 12.6. The van der Waals surface area contributed by atoms with Crippen LogP contribution in [0.15, 0.2) is 23.1 Å². The number of ether oxygens (including phenoxy) is 2. The minimum atomic E-state index is 0.177. The lowest BCUT2D eigenvalue weighted by molar-refractivity contribution is 0.275. The summed E-state index contributed by atoms with van der Waals surface area (Å²) in [6.07, 6.45) is 0. The van der Waals surface area contributed by atoms with Crippen LogP contribution in [0.4, 0.5) is 0 Å². The first kappa shape index (κ1) is 14.2. The molecule has 1 aromatic rings. The van der Waals surface area contributed by atoms with Gasteiger partial charge in [-0.3, -0.25) is 0 Å². The molecule has 0 fully saturated rings. The van der Waals surface area contributed by atoms with Gasteiger partial charge in [0, 0.05) is 10.1 Å². The summed E-state index contributed by atoms with van der Waals surface area (Å²) in [7, 11) is 3.24. The Morgan fingerprint density at radius 2 is 1.82 bits per heavy atom. The molecule has 0 amide bonds. The summed E-state index contributed by atoms with van der Waals surface area (Å²) in [6, 6.07) is 5.81. The first-order valence-corrected chi connectivity index (χ1v) is 6.49. The first-order valence-electron chi connectivity index (χ1n) is 5.62. The third-order valence-electron chi connectivity index (χ3n) is 2.57. The van der Waals surface area contributed by atoms with E-state index in [9.17, 15) is 5.11 Å². The minimum Gasteiger partial charge on any atom is -0.493 e. The van der Waals surface area contributed by atoms with Gasteiger partial charge in [-0.05, 0) is 24.1 Å². The summed E-state index contributed by atoms with van der Waals surface area (Å²) in [5.41, 5.74) is 0. The van der Waals surface area contributed by atoms with Crippen LogP contribution in [0.2, 0.25) is 0 Å². The molecular formula is C13H20O3S. The van der Waals surface area contributed by atoms with Crippen LogP contribution >= 0.6 is 11.8 Å².